The highest BCUT2D eigenvalue weighted by Gasteiger charge is 2.15. The van der Waals surface area contributed by atoms with Gasteiger partial charge in [-0.15, -0.1) is 0 Å². The lowest BCUT2D eigenvalue weighted by Crippen LogP contribution is -2.19. The SMILES string of the molecule is CCNCc1cc(F)cnc1N(C)c1ccccc1OC. The Morgan fingerprint density at radius 2 is 2.10 bits per heavy atom. The summed E-state index contributed by atoms with van der Waals surface area (Å²) in [6.45, 7) is 3.39. The molecule has 5 heteroatoms. The van der Waals surface area contributed by atoms with E-state index < -0.39 is 0 Å². The van der Waals surface area contributed by atoms with Crippen LogP contribution in [0, 0.1) is 5.82 Å². The molecule has 0 aliphatic carbocycles. The molecule has 0 bridgehead atoms. The van der Waals surface area contributed by atoms with E-state index in [1.54, 1.807) is 7.11 Å². The zero-order valence-electron chi connectivity index (χ0n) is 12.6. The fourth-order valence-electron chi connectivity index (χ4n) is 2.19. The zero-order chi connectivity index (χ0) is 15.2. The second-order valence-corrected chi connectivity index (χ2v) is 4.65. The van der Waals surface area contributed by atoms with E-state index in [1.165, 1.54) is 12.3 Å². The summed E-state index contributed by atoms with van der Waals surface area (Å²) >= 11 is 0. The Kier molecular flexibility index (Phi) is 5.11. The molecule has 1 N–H and O–H groups in total. The summed E-state index contributed by atoms with van der Waals surface area (Å²) in [5.41, 5.74) is 1.70. The highest BCUT2D eigenvalue weighted by atomic mass is 19.1. The summed E-state index contributed by atoms with van der Waals surface area (Å²) < 4.78 is 18.8. The van der Waals surface area contributed by atoms with Crippen LogP contribution >= 0.6 is 0 Å². The molecular weight excluding hydrogens is 269 g/mol. The zero-order valence-corrected chi connectivity index (χ0v) is 12.6. The van der Waals surface area contributed by atoms with E-state index in [9.17, 15) is 4.39 Å². The number of hydrogen-bond acceptors (Lipinski definition) is 4. The highest BCUT2D eigenvalue weighted by Crippen LogP contribution is 2.32. The largest absolute Gasteiger partial charge is 0.495 e. The van der Waals surface area contributed by atoms with Gasteiger partial charge in [-0.2, -0.15) is 0 Å². The van der Waals surface area contributed by atoms with E-state index in [1.807, 2.05) is 43.1 Å². The Balaban J connectivity index is 2.40. The third-order valence-electron chi connectivity index (χ3n) is 3.24. The Bertz CT molecular complexity index is 604. The lowest BCUT2D eigenvalue weighted by atomic mass is 10.2. The highest BCUT2D eigenvalue weighted by molar-refractivity contribution is 5.68. The molecule has 112 valence electrons. The number of aromatic nitrogens is 1. The van der Waals surface area contributed by atoms with Gasteiger partial charge in [0.05, 0.1) is 19.0 Å². The molecule has 0 aliphatic heterocycles. The molecule has 0 fully saturated rings. The normalized spacial score (nSPS) is 10.5. The minimum absolute atomic E-state index is 0.333. The first-order valence-corrected chi connectivity index (χ1v) is 6.89. The number of pyridine rings is 1. The Morgan fingerprint density at radius 1 is 1.33 bits per heavy atom. The van der Waals surface area contributed by atoms with Crippen molar-refractivity contribution < 1.29 is 9.13 Å². The van der Waals surface area contributed by atoms with E-state index in [0.717, 1.165) is 23.5 Å². The molecular formula is C16H20FN3O. The van der Waals surface area contributed by atoms with Crippen LogP contribution < -0.4 is 15.0 Å². The maximum Gasteiger partial charge on any atom is 0.142 e. The minimum atomic E-state index is -0.333. The van der Waals surface area contributed by atoms with E-state index >= 15 is 0 Å². The van der Waals surface area contributed by atoms with Crippen molar-refractivity contribution in [2.45, 2.75) is 13.5 Å². The molecule has 2 aromatic rings. The van der Waals surface area contributed by atoms with Gasteiger partial charge in [-0.05, 0) is 24.7 Å². The first-order valence-electron chi connectivity index (χ1n) is 6.89. The second kappa shape index (κ2) is 7.04. The van der Waals surface area contributed by atoms with Crippen LogP contribution in [-0.4, -0.2) is 25.7 Å². The van der Waals surface area contributed by atoms with Crippen molar-refractivity contribution in [1.29, 1.82) is 0 Å². The van der Waals surface area contributed by atoms with Crippen LogP contribution in [0.2, 0.25) is 0 Å². The molecule has 0 saturated heterocycles. The second-order valence-electron chi connectivity index (χ2n) is 4.65. The predicted octanol–water partition coefficient (Wildman–Crippen LogP) is 3.11. The van der Waals surface area contributed by atoms with Crippen molar-refractivity contribution in [2.75, 3.05) is 25.6 Å². The van der Waals surface area contributed by atoms with E-state index in [0.29, 0.717) is 12.4 Å². The van der Waals surface area contributed by atoms with Gasteiger partial charge in [0, 0.05) is 19.2 Å². The van der Waals surface area contributed by atoms with E-state index in [4.69, 9.17) is 4.74 Å². The third-order valence-corrected chi connectivity index (χ3v) is 3.24. The molecule has 0 amide bonds. The van der Waals surface area contributed by atoms with Gasteiger partial charge in [-0.1, -0.05) is 19.1 Å². The number of anilines is 2. The molecule has 0 unspecified atom stereocenters. The number of hydrogen-bond donors (Lipinski definition) is 1. The summed E-state index contributed by atoms with van der Waals surface area (Å²) in [7, 11) is 3.53. The molecule has 21 heavy (non-hydrogen) atoms. The van der Waals surface area contributed by atoms with Crippen LogP contribution in [0.1, 0.15) is 12.5 Å². The van der Waals surface area contributed by atoms with Crippen LogP contribution in [0.3, 0.4) is 0 Å². The summed E-state index contributed by atoms with van der Waals surface area (Å²) in [5, 5.41) is 3.20. The van der Waals surface area contributed by atoms with Gasteiger partial charge < -0.3 is 15.0 Å². The van der Waals surface area contributed by atoms with Crippen molar-refractivity contribution >= 4 is 11.5 Å². The smallest absolute Gasteiger partial charge is 0.142 e. The van der Waals surface area contributed by atoms with E-state index in [2.05, 4.69) is 10.3 Å². The lowest BCUT2D eigenvalue weighted by Gasteiger charge is -2.23. The summed E-state index contributed by atoms with van der Waals surface area (Å²) in [6.07, 6.45) is 1.23. The first-order chi connectivity index (χ1) is 10.2. The average Bonchev–Trinajstić information content (AvgIpc) is 2.52. The van der Waals surface area contributed by atoms with Crippen LogP contribution in [-0.2, 0) is 6.54 Å². The summed E-state index contributed by atoms with van der Waals surface area (Å²) in [4.78, 5) is 6.15. The number of ether oxygens (including phenoxy) is 1. The number of nitrogens with one attached hydrogen (secondary N) is 1. The number of halogens is 1. The van der Waals surface area contributed by atoms with Crippen LogP contribution in [0.25, 0.3) is 0 Å². The van der Waals surface area contributed by atoms with Gasteiger partial charge in [-0.25, -0.2) is 9.37 Å². The molecule has 0 spiro atoms. The van der Waals surface area contributed by atoms with Gasteiger partial charge in [0.15, 0.2) is 0 Å². The number of methoxy groups -OCH3 is 1. The van der Waals surface area contributed by atoms with Crippen molar-refractivity contribution in [3.63, 3.8) is 0 Å². The summed E-state index contributed by atoms with van der Waals surface area (Å²) in [6, 6.07) is 9.19. The number of nitrogens with zero attached hydrogens (tertiary/aromatic N) is 2. The Hall–Kier alpha value is -2.14. The fourth-order valence-corrected chi connectivity index (χ4v) is 2.19. The minimum Gasteiger partial charge on any atom is -0.495 e. The van der Waals surface area contributed by atoms with Crippen LogP contribution in [0.5, 0.6) is 5.75 Å². The van der Waals surface area contributed by atoms with Crippen molar-refractivity contribution in [3.05, 3.63) is 47.9 Å². The third kappa shape index (κ3) is 3.49. The topological polar surface area (TPSA) is 37.4 Å². The molecule has 1 aromatic carbocycles. The van der Waals surface area contributed by atoms with Crippen LogP contribution in [0.15, 0.2) is 36.5 Å². The predicted molar refractivity (Wildman–Crippen MR) is 82.6 cm³/mol. The lowest BCUT2D eigenvalue weighted by molar-refractivity contribution is 0.415. The van der Waals surface area contributed by atoms with Gasteiger partial charge in [0.1, 0.15) is 17.4 Å². The van der Waals surface area contributed by atoms with Gasteiger partial charge in [-0.3, -0.25) is 0 Å². The quantitative estimate of drug-likeness (QED) is 0.886. The number of benzene rings is 1. The molecule has 4 nitrogen and oxygen atoms in total. The Morgan fingerprint density at radius 3 is 2.81 bits per heavy atom. The molecule has 0 atom stereocenters. The van der Waals surface area contributed by atoms with Gasteiger partial charge in [0.2, 0.25) is 0 Å². The molecule has 1 aromatic heterocycles. The molecule has 0 radical (unpaired) electrons. The maximum absolute atomic E-state index is 13.5. The average molecular weight is 289 g/mol. The van der Waals surface area contributed by atoms with Crippen molar-refractivity contribution in [3.8, 4) is 5.75 Å². The molecule has 2 rings (SSSR count). The Labute approximate surface area is 124 Å². The van der Waals surface area contributed by atoms with Crippen LogP contribution in [0.4, 0.5) is 15.9 Å². The van der Waals surface area contributed by atoms with E-state index in [-0.39, 0.29) is 5.82 Å². The first kappa shape index (κ1) is 15.3. The molecule has 0 saturated carbocycles. The molecule has 0 aliphatic rings. The fraction of sp³-hybridized carbons (Fsp3) is 0.312. The molecule has 1 heterocycles. The number of rotatable bonds is 6. The van der Waals surface area contributed by atoms with Crippen molar-refractivity contribution in [2.24, 2.45) is 0 Å². The number of para-hydroxylation sites is 2. The maximum atomic E-state index is 13.5. The van der Waals surface area contributed by atoms with Crippen molar-refractivity contribution in [1.82, 2.24) is 10.3 Å². The van der Waals surface area contributed by atoms with Gasteiger partial charge in [0.25, 0.3) is 0 Å². The monoisotopic (exact) mass is 289 g/mol. The summed E-state index contributed by atoms with van der Waals surface area (Å²) in [5.74, 6) is 1.13. The standard InChI is InChI=1S/C16H20FN3O/c1-4-18-10-12-9-13(17)11-19-16(12)20(2)14-7-5-6-8-15(14)21-3/h5-9,11,18H,4,10H2,1-3H3. The van der Waals surface area contributed by atoms with Gasteiger partial charge >= 0.3 is 0 Å².